The molecule has 1 aliphatic heterocycles. The standard InChI is InChI=1S/C24H29Cl2N3O/c1-27-12-10-18(11-13-27)28(2)15-20-19-6-4-5-7-22(19)29(3)23(20)16-30-24-9-8-17(25)14-21(24)26/h4-9,14,18H,10-13,15-16H2,1-3H3. The molecule has 1 saturated heterocycles. The fourth-order valence-electron chi connectivity index (χ4n) is 4.44. The molecule has 4 rings (SSSR count). The van der Waals surface area contributed by atoms with Crippen molar-refractivity contribution in [2.24, 2.45) is 7.05 Å². The lowest BCUT2D eigenvalue weighted by Crippen LogP contribution is -2.41. The smallest absolute Gasteiger partial charge is 0.138 e. The number of rotatable bonds is 6. The van der Waals surface area contributed by atoms with Gasteiger partial charge in [-0.05, 0) is 69.9 Å². The van der Waals surface area contributed by atoms with Gasteiger partial charge in [-0.2, -0.15) is 0 Å². The first-order valence-corrected chi connectivity index (χ1v) is 11.2. The van der Waals surface area contributed by atoms with Gasteiger partial charge in [0.2, 0.25) is 0 Å². The molecular weight excluding hydrogens is 417 g/mol. The summed E-state index contributed by atoms with van der Waals surface area (Å²) in [5, 5.41) is 2.43. The number of benzene rings is 2. The van der Waals surface area contributed by atoms with E-state index in [4.69, 9.17) is 27.9 Å². The van der Waals surface area contributed by atoms with E-state index in [1.807, 2.05) is 6.07 Å². The van der Waals surface area contributed by atoms with Gasteiger partial charge in [0.05, 0.1) is 10.7 Å². The third kappa shape index (κ3) is 4.47. The van der Waals surface area contributed by atoms with E-state index in [1.165, 1.54) is 35.0 Å². The van der Waals surface area contributed by atoms with Gasteiger partial charge in [0.15, 0.2) is 0 Å². The van der Waals surface area contributed by atoms with Crippen LogP contribution >= 0.6 is 23.2 Å². The topological polar surface area (TPSA) is 20.6 Å². The van der Waals surface area contributed by atoms with E-state index in [0.29, 0.717) is 28.4 Å². The van der Waals surface area contributed by atoms with E-state index in [9.17, 15) is 0 Å². The molecule has 6 heteroatoms. The van der Waals surface area contributed by atoms with Crippen LogP contribution in [0.5, 0.6) is 5.75 Å². The van der Waals surface area contributed by atoms with Crippen molar-refractivity contribution in [2.75, 3.05) is 27.2 Å². The van der Waals surface area contributed by atoms with Gasteiger partial charge in [-0.15, -0.1) is 0 Å². The van der Waals surface area contributed by atoms with Crippen LogP contribution in [0.4, 0.5) is 0 Å². The predicted octanol–water partition coefficient (Wildman–Crippen LogP) is 5.59. The van der Waals surface area contributed by atoms with Gasteiger partial charge < -0.3 is 14.2 Å². The average molecular weight is 446 g/mol. The SMILES string of the molecule is CN1CCC(N(C)Cc2c(COc3ccc(Cl)cc3Cl)n(C)c3ccccc23)CC1. The summed E-state index contributed by atoms with van der Waals surface area (Å²) in [4.78, 5) is 4.92. The minimum absolute atomic E-state index is 0.461. The van der Waals surface area contributed by atoms with Crippen molar-refractivity contribution in [3.63, 3.8) is 0 Å². The molecule has 0 unspecified atom stereocenters. The molecule has 0 atom stereocenters. The molecule has 0 radical (unpaired) electrons. The molecule has 4 nitrogen and oxygen atoms in total. The van der Waals surface area contributed by atoms with E-state index >= 15 is 0 Å². The highest BCUT2D eigenvalue weighted by Crippen LogP contribution is 2.31. The maximum absolute atomic E-state index is 6.32. The van der Waals surface area contributed by atoms with Crippen LogP contribution in [0.1, 0.15) is 24.1 Å². The number of nitrogens with zero attached hydrogens (tertiary/aromatic N) is 3. The zero-order valence-electron chi connectivity index (χ0n) is 17.9. The Hall–Kier alpha value is -1.72. The Bertz CT molecular complexity index is 1020. The van der Waals surface area contributed by atoms with Gasteiger partial charge in [0.25, 0.3) is 0 Å². The molecular formula is C24H29Cl2N3O. The van der Waals surface area contributed by atoms with Gasteiger partial charge in [0, 0.05) is 35.6 Å². The molecule has 3 aromatic rings. The maximum atomic E-state index is 6.32. The number of fused-ring (bicyclic) bond motifs is 1. The molecule has 2 aromatic carbocycles. The van der Waals surface area contributed by atoms with Gasteiger partial charge in [-0.3, -0.25) is 4.90 Å². The zero-order valence-corrected chi connectivity index (χ0v) is 19.4. The molecule has 0 N–H and O–H groups in total. The summed E-state index contributed by atoms with van der Waals surface area (Å²) in [6.45, 7) is 3.69. The largest absolute Gasteiger partial charge is 0.486 e. The first-order chi connectivity index (χ1) is 14.4. The van der Waals surface area contributed by atoms with Crippen molar-refractivity contribution in [3.05, 3.63) is 63.8 Å². The lowest BCUT2D eigenvalue weighted by Gasteiger charge is -2.35. The molecule has 0 spiro atoms. The van der Waals surface area contributed by atoms with Gasteiger partial charge in [-0.25, -0.2) is 0 Å². The third-order valence-corrected chi connectivity index (χ3v) is 6.85. The minimum Gasteiger partial charge on any atom is -0.486 e. The lowest BCUT2D eigenvalue weighted by atomic mass is 10.0. The summed E-state index contributed by atoms with van der Waals surface area (Å²) in [7, 11) is 6.57. The summed E-state index contributed by atoms with van der Waals surface area (Å²) in [5.74, 6) is 0.654. The van der Waals surface area contributed by atoms with Gasteiger partial charge in [0.1, 0.15) is 12.4 Å². The minimum atomic E-state index is 0.461. The number of para-hydroxylation sites is 1. The summed E-state index contributed by atoms with van der Waals surface area (Å²) in [6, 6.07) is 14.6. The highest BCUT2D eigenvalue weighted by molar-refractivity contribution is 6.35. The van der Waals surface area contributed by atoms with Crippen molar-refractivity contribution in [2.45, 2.75) is 32.0 Å². The van der Waals surface area contributed by atoms with Crippen LogP contribution < -0.4 is 4.74 Å². The first kappa shape index (κ1) is 21.5. The second-order valence-corrected chi connectivity index (χ2v) is 9.16. The highest BCUT2D eigenvalue weighted by atomic mass is 35.5. The van der Waals surface area contributed by atoms with Crippen LogP contribution in [0.2, 0.25) is 10.0 Å². The quantitative estimate of drug-likeness (QED) is 0.493. The number of aryl methyl sites for hydroxylation is 1. The van der Waals surface area contributed by atoms with Crippen LogP contribution in [0.15, 0.2) is 42.5 Å². The average Bonchev–Trinajstić information content (AvgIpc) is 2.99. The fourth-order valence-corrected chi connectivity index (χ4v) is 4.90. The number of likely N-dealkylation sites (tertiary alicyclic amines) is 1. The Morgan fingerprint density at radius 2 is 1.80 bits per heavy atom. The van der Waals surface area contributed by atoms with Gasteiger partial charge >= 0.3 is 0 Å². The Kier molecular flexibility index (Phi) is 6.59. The number of hydrogen-bond donors (Lipinski definition) is 0. The molecule has 1 aromatic heterocycles. The summed E-state index contributed by atoms with van der Waals surface area (Å²) >= 11 is 12.3. The molecule has 1 aliphatic rings. The molecule has 0 bridgehead atoms. The summed E-state index contributed by atoms with van der Waals surface area (Å²) < 4.78 is 8.38. The number of hydrogen-bond acceptors (Lipinski definition) is 3. The van der Waals surface area contributed by atoms with Crippen molar-refractivity contribution in [3.8, 4) is 5.75 Å². The van der Waals surface area contributed by atoms with E-state index in [0.717, 1.165) is 19.6 Å². The molecule has 0 saturated carbocycles. The molecule has 2 heterocycles. The summed E-state index contributed by atoms with van der Waals surface area (Å²) in [6.07, 6.45) is 2.42. The number of piperidine rings is 1. The number of halogens is 2. The predicted molar refractivity (Wildman–Crippen MR) is 126 cm³/mol. The van der Waals surface area contributed by atoms with E-state index in [-0.39, 0.29) is 0 Å². The number of aromatic nitrogens is 1. The molecule has 1 fully saturated rings. The van der Waals surface area contributed by atoms with Crippen molar-refractivity contribution < 1.29 is 4.74 Å². The summed E-state index contributed by atoms with van der Waals surface area (Å²) in [5.41, 5.74) is 3.74. The third-order valence-electron chi connectivity index (χ3n) is 6.32. The Morgan fingerprint density at radius 1 is 1.07 bits per heavy atom. The molecule has 30 heavy (non-hydrogen) atoms. The van der Waals surface area contributed by atoms with Crippen LogP contribution in [0.3, 0.4) is 0 Å². The zero-order chi connectivity index (χ0) is 21.3. The van der Waals surface area contributed by atoms with Crippen molar-refractivity contribution in [1.29, 1.82) is 0 Å². The van der Waals surface area contributed by atoms with Crippen LogP contribution in [-0.4, -0.2) is 47.6 Å². The molecule has 160 valence electrons. The van der Waals surface area contributed by atoms with E-state index in [2.05, 4.69) is 59.8 Å². The van der Waals surface area contributed by atoms with Gasteiger partial charge in [-0.1, -0.05) is 41.4 Å². The first-order valence-electron chi connectivity index (χ1n) is 10.5. The van der Waals surface area contributed by atoms with Crippen molar-refractivity contribution in [1.82, 2.24) is 14.4 Å². The van der Waals surface area contributed by atoms with Crippen LogP contribution in [0, 0.1) is 0 Å². The number of ether oxygens (including phenoxy) is 1. The van der Waals surface area contributed by atoms with E-state index < -0.39 is 0 Å². The monoisotopic (exact) mass is 445 g/mol. The Morgan fingerprint density at radius 3 is 2.53 bits per heavy atom. The van der Waals surface area contributed by atoms with Crippen LogP contribution in [0.25, 0.3) is 10.9 Å². The Balaban J connectivity index is 1.61. The maximum Gasteiger partial charge on any atom is 0.138 e. The Labute approximate surface area is 188 Å². The second-order valence-electron chi connectivity index (χ2n) is 8.31. The molecule has 0 amide bonds. The van der Waals surface area contributed by atoms with Crippen molar-refractivity contribution >= 4 is 34.1 Å². The van der Waals surface area contributed by atoms with Crippen LogP contribution in [-0.2, 0) is 20.2 Å². The van der Waals surface area contributed by atoms with E-state index in [1.54, 1.807) is 12.1 Å². The molecule has 0 aliphatic carbocycles. The normalized spacial score (nSPS) is 15.9. The second kappa shape index (κ2) is 9.19. The highest BCUT2D eigenvalue weighted by Gasteiger charge is 2.23. The lowest BCUT2D eigenvalue weighted by molar-refractivity contribution is 0.139. The fraction of sp³-hybridized carbons (Fsp3) is 0.417.